The van der Waals surface area contributed by atoms with Crippen molar-refractivity contribution < 1.29 is 5.11 Å². The molecule has 1 aromatic carbocycles. The number of aliphatic hydroxyl groups is 1. The SMILES string of the molecule is CCC(CC)CC(O)c1c(C)cccc1C. The van der Waals surface area contributed by atoms with Crippen molar-refractivity contribution in [2.24, 2.45) is 5.92 Å². The van der Waals surface area contributed by atoms with Gasteiger partial charge < -0.3 is 5.11 Å². The van der Waals surface area contributed by atoms with Crippen LogP contribution < -0.4 is 0 Å². The zero-order valence-electron chi connectivity index (χ0n) is 11.0. The molecule has 0 fully saturated rings. The lowest BCUT2D eigenvalue weighted by Crippen LogP contribution is -2.08. The lowest BCUT2D eigenvalue weighted by atomic mass is 9.89. The van der Waals surface area contributed by atoms with Crippen molar-refractivity contribution in [3.05, 3.63) is 34.9 Å². The van der Waals surface area contributed by atoms with Crippen molar-refractivity contribution in [3.8, 4) is 0 Å². The van der Waals surface area contributed by atoms with Gasteiger partial charge in [-0.25, -0.2) is 0 Å². The van der Waals surface area contributed by atoms with Gasteiger partial charge in [-0.3, -0.25) is 0 Å². The normalized spacial score (nSPS) is 13.1. The van der Waals surface area contributed by atoms with Gasteiger partial charge in [0.05, 0.1) is 6.10 Å². The Balaban J connectivity index is 2.83. The van der Waals surface area contributed by atoms with Crippen molar-refractivity contribution >= 4 is 0 Å². The third-order valence-electron chi connectivity index (χ3n) is 3.59. The minimum absolute atomic E-state index is 0.300. The number of rotatable bonds is 5. The van der Waals surface area contributed by atoms with Crippen LogP contribution >= 0.6 is 0 Å². The number of aliphatic hydroxyl groups excluding tert-OH is 1. The summed E-state index contributed by atoms with van der Waals surface area (Å²) in [5, 5.41) is 10.3. The number of benzene rings is 1. The second-order valence-electron chi connectivity index (χ2n) is 4.74. The van der Waals surface area contributed by atoms with E-state index in [1.807, 2.05) is 0 Å². The number of hydrogen-bond acceptors (Lipinski definition) is 1. The fourth-order valence-electron chi connectivity index (χ4n) is 2.41. The summed E-state index contributed by atoms with van der Waals surface area (Å²) in [5.41, 5.74) is 3.55. The van der Waals surface area contributed by atoms with Crippen LogP contribution in [0.3, 0.4) is 0 Å². The molecule has 1 aromatic rings. The third kappa shape index (κ3) is 3.08. The second-order valence-corrected chi connectivity index (χ2v) is 4.74. The second kappa shape index (κ2) is 6.05. The Hall–Kier alpha value is -0.820. The Morgan fingerprint density at radius 3 is 2.00 bits per heavy atom. The van der Waals surface area contributed by atoms with E-state index in [1.54, 1.807) is 0 Å². The average Bonchev–Trinajstić information content (AvgIpc) is 2.25. The highest BCUT2D eigenvalue weighted by Crippen LogP contribution is 2.29. The molecule has 1 nitrogen and oxygen atoms in total. The molecule has 0 aromatic heterocycles. The van der Waals surface area contributed by atoms with Crippen LogP contribution in [0.2, 0.25) is 0 Å². The molecule has 1 unspecified atom stereocenters. The van der Waals surface area contributed by atoms with Crippen molar-refractivity contribution in [3.63, 3.8) is 0 Å². The zero-order chi connectivity index (χ0) is 12.1. The zero-order valence-corrected chi connectivity index (χ0v) is 11.0. The van der Waals surface area contributed by atoms with Gasteiger partial charge in [-0.15, -0.1) is 0 Å². The molecule has 0 aliphatic carbocycles. The van der Waals surface area contributed by atoms with Gasteiger partial charge in [0.2, 0.25) is 0 Å². The lowest BCUT2D eigenvalue weighted by molar-refractivity contribution is 0.140. The lowest BCUT2D eigenvalue weighted by Gasteiger charge is -2.21. The van der Waals surface area contributed by atoms with E-state index in [9.17, 15) is 5.11 Å². The molecule has 1 rings (SSSR count). The summed E-state index contributed by atoms with van der Waals surface area (Å²) < 4.78 is 0. The molecule has 0 aliphatic heterocycles. The van der Waals surface area contributed by atoms with Crippen LogP contribution in [0.25, 0.3) is 0 Å². The van der Waals surface area contributed by atoms with Gasteiger partial charge in [0, 0.05) is 0 Å². The minimum atomic E-state index is -0.300. The Kier molecular flexibility index (Phi) is 5.01. The average molecular weight is 220 g/mol. The van der Waals surface area contributed by atoms with Crippen molar-refractivity contribution in [1.82, 2.24) is 0 Å². The first-order chi connectivity index (χ1) is 7.60. The largest absolute Gasteiger partial charge is 0.388 e. The summed E-state index contributed by atoms with van der Waals surface area (Å²) >= 11 is 0. The van der Waals surface area contributed by atoms with Crippen LogP contribution in [0, 0.1) is 19.8 Å². The van der Waals surface area contributed by atoms with E-state index in [-0.39, 0.29) is 6.10 Å². The Bertz CT molecular complexity index is 306. The molecule has 1 N–H and O–H groups in total. The maximum Gasteiger partial charge on any atom is 0.0797 e. The van der Waals surface area contributed by atoms with Crippen molar-refractivity contribution in [1.29, 1.82) is 0 Å². The van der Waals surface area contributed by atoms with Crippen molar-refractivity contribution in [2.45, 2.75) is 53.1 Å². The smallest absolute Gasteiger partial charge is 0.0797 e. The van der Waals surface area contributed by atoms with E-state index in [2.05, 4.69) is 45.9 Å². The third-order valence-corrected chi connectivity index (χ3v) is 3.59. The van der Waals surface area contributed by atoms with E-state index in [0.29, 0.717) is 5.92 Å². The molecular weight excluding hydrogens is 196 g/mol. The van der Waals surface area contributed by atoms with Crippen LogP contribution in [0.1, 0.15) is 55.9 Å². The molecule has 0 radical (unpaired) electrons. The first-order valence-electron chi connectivity index (χ1n) is 6.34. The van der Waals surface area contributed by atoms with Crippen LogP contribution in [-0.4, -0.2) is 5.11 Å². The molecule has 1 heteroatoms. The molecule has 90 valence electrons. The highest BCUT2D eigenvalue weighted by molar-refractivity contribution is 5.35. The summed E-state index contributed by atoms with van der Waals surface area (Å²) in [4.78, 5) is 0. The summed E-state index contributed by atoms with van der Waals surface area (Å²) in [5.74, 6) is 0.633. The van der Waals surface area contributed by atoms with Gasteiger partial charge in [0.25, 0.3) is 0 Å². The van der Waals surface area contributed by atoms with Gasteiger partial charge in [-0.05, 0) is 42.9 Å². The Morgan fingerprint density at radius 2 is 1.56 bits per heavy atom. The van der Waals surface area contributed by atoms with E-state index < -0.39 is 0 Å². The number of aryl methyl sites for hydroxylation is 2. The molecule has 16 heavy (non-hydrogen) atoms. The van der Waals surface area contributed by atoms with E-state index in [4.69, 9.17) is 0 Å². The molecule has 0 bridgehead atoms. The summed E-state index contributed by atoms with van der Waals surface area (Å²) in [6.07, 6.45) is 2.89. The fraction of sp³-hybridized carbons (Fsp3) is 0.600. The molecule has 0 heterocycles. The summed E-state index contributed by atoms with van der Waals surface area (Å²) in [6, 6.07) is 6.22. The monoisotopic (exact) mass is 220 g/mol. The van der Waals surface area contributed by atoms with Gasteiger partial charge >= 0.3 is 0 Å². The topological polar surface area (TPSA) is 20.2 Å². The maximum absolute atomic E-state index is 10.3. The molecule has 0 aliphatic rings. The predicted octanol–water partition coefficient (Wildman–Crippen LogP) is 4.16. The van der Waals surface area contributed by atoms with E-state index in [1.165, 1.54) is 11.1 Å². The van der Waals surface area contributed by atoms with Gasteiger partial charge in [0.1, 0.15) is 0 Å². The first kappa shape index (κ1) is 13.2. The highest BCUT2D eigenvalue weighted by atomic mass is 16.3. The molecule has 0 saturated heterocycles. The maximum atomic E-state index is 10.3. The molecule has 0 spiro atoms. The van der Waals surface area contributed by atoms with Crippen LogP contribution in [0.5, 0.6) is 0 Å². The van der Waals surface area contributed by atoms with E-state index in [0.717, 1.165) is 24.8 Å². The van der Waals surface area contributed by atoms with Crippen LogP contribution in [0.4, 0.5) is 0 Å². The molecular formula is C15H24O. The van der Waals surface area contributed by atoms with Gasteiger partial charge in [-0.2, -0.15) is 0 Å². The summed E-state index contributed by atoms with van der Waals surface area (Å²) in [6.45, 7) is 8.56. The quantitative estimate of drug-likeness (QED) is 0.790. The molecule has 0 saturated carbocycles. The predicted molar refractivity (Wildman–Crippen MR) is 69.6 cm³/mol. The van der Waals surface area contributed by atoms with Gasteiger partial charge in [-0.1, -0.05) is 44.9 Å². The van der Waals surface area contributed by atoms with Gasteiger partial charge in [0.15, 0.2) is 0 Å². The van der Waals surface area contributed by atoms with Crippen LogP contribution in [0.15, 0.2) is 18.2 Å². The minimum Gasteiger partial charge on any atom is -0.388 e. The Morgan fingerprint density at radius 1 is 1.06 bits per heavy atom. The Labute approximate surface area is 99.5 Å². The number of hydrogen-bond donors (Lipinski definition) is 1. The first-order valence-corrected chi connectivity index (χ1v) is 6.34. The standard InChI is InChI=1S/C15H24O/c1-5-13(6-2)10-14(16)15-11(3)8-7-9-12(15)4/h7-9,13-14,16H,5-6,10H2,1-4H3. The summed E-state index contributed by atoms with van der Waals surface area (Å²) in [7, 11) is 0. The van der Waals surface area contributed by atoms with E-state index >= 15 is 0 Å². The fourth-order valence-corrected chi connectivity index (χ4v) is 2.41. The highest BCUT2D eigenvalue weighted by Gasteiger charge is 2.16. The van der Waals surface area contributed by atoms with Crippen LogP contribution in [-0.2, 0) is 0 Å². The molecule has 1 atom stereocenters. The molecule has 0 amide bonds. The van der Waals surface area contributed by atoms with Crippen molar-refractivity contribution in [2.75, 3.05) is 0 Å².